The lowest BCUT2D eigenvalue weighted by molar-refractivity contribution is -0.116. The Morgan fingerprint density at radius 1 is 1.16 bits per heavy atom. The third-order valence-corrected chi connectivity index (χ3v) is 3.73. The number of rotatable bonds is 5. The van der Waals surface area contributed by atoms with Crippen LogP contribution >= 0.6 is 0 Å². The van der Waals surface area contributed by atoms with E-state index in [0.29, 0.717) is 29.5 Å². The number of aryl methyl sites for hydroxylation is 2. The van der Waals surface area contributed by atoms with Gasteiger partial charge in [0.25, 0.3) is 0 Å². The molecule has 124 valence electrons. The van der Waals surface area contributed by atoms with E-state index in [2.05, 4.69) is 15.5 Å². The fraction of sp³-hybridized carbons (Fsp3) is 0.158. The summed E-state index contributed by atoms with van der Waals surface area (Å²) < 4.78 is 5.64. The number of aromatic nitrogens is 2. The van der Waals surface area contributed by atoms with Gasteiger partial charge >= 0.3 is 0 Å². The highest BCUT2D eigenvalue weighted by atomic mass is 16.4. The predicted octanol–water partition coefficient (Wildman–Crippen LogP) is 3.49. The van der Waals surface area contributed by atoms with E-state index in [-0.39, 0.29) is 12.3 Å². The Hall–Kier alpha value is -3.46. The molecule has 0 atom stereocenters. The number of carbonyl (C=O) groups is 1. The minimum Gasteiger partial charge on any atom is -0.421 e. The largest absolute Gasteiger partial charge is 0.421 e. The highest BCUT2D eigenvalue weighted by Crippen LogP contribution is 2.22. The van der Waals surface area contributed by atoms with E-state index in [1.807, 2.05) is 37.3 Å². The zero-order valence-electron chi connectivity index (χ0n) is 13.7. The molecule has 0 saturated carbocycles. The van der Waals surface area contributed by atoms with Crippen LogP contribution in [-0.4, -0.2) is 16.1 Å². The molecule has 1 amide bonds. The van der Waals surface area contributed by atoms with E-state index in [9.17, 15) is 4.79 Å². The van der Waals surface area contributed by atoms with Gasteiger partial charge in [0.1, 0.15) is 6.07 Å². The normalized spacial score (nSPS) is 10.2. The van der Waals surface area contributed by atoms with Crippen LogP contribution in [0.25, 0.3) is 11.5 Å². The lowest BCUT2D eigenvalue weighted by Gasteiger charge is -2.05. The van der Waals surface area contributed by atoms with Crippen LogP contribution in [-0.2, 0) is 11.2 Å². The number of carbonyl (C=O) groups excluding carboxylic acids is 1. The smallest absolute Gasteiger partial charge is 0.247 e. The van der Waals surface area contributed by atoms with Crippen molar-refractivity contribution >= 4 is 11.6 Å². The average Bonchev–Trinajstić information content (AvgIpc) is 3.09. The number of hydrogen-bond donors (Lipinski definition) is 1. The van der Waals surface area contributed by atoms with Crippen LogP contribution in [0.15, 0.2) is 52.9 Å². The summed E-state index contributed by atoms with van der Waals surface area (Å²) in [5.74, 6) is 0.642. The van der Waals surface area contributed by atoms with Gasteiger partial charge in [0, 0.05) is 18.4 Å². The summed E-state index contributed by atoms with van der Waals surface area (Å²) in [6.45, 7) is 1.97. The van der Waals surface area contributed by atoms with Crippen LogP contribution in [0, 0.1) is 18.3 Å². The van der Waals surface area contributed by atoms with Crippen molar-refractivity contribution in [2.75, 3.05) is 5.32 Å². The molecule has 0 saturated heterocycles. The Labute approximate surface area is 145 Å². The topological polar surface area (TPSA) is 91.8 Å². The van der Waals surface area contributed by atoms with Gasteiger partial charge in [-0.05, 0) is 30.7 Å². The Morgan fingerprint density at radius 2 is 1.92 bits per heavy atom. The number of nitrogens with one attached hydrogen (secondary N) is 1. The minimum atomic E-state index is -0.210. The number of para-hydroxylation sites is 1. The molecule has 0 spiro atoms. The van der Waals surface area contributed by atoms with Crippen LogP contribution in [0.5, 0.6) is 0 Å². The lowest BCUT2D eigenvalue weighted by atomic mass is 10.1. The van der Waals surface area contributed by atoms with Crippen LogP contribution in [0.3, 0.4) is 0 Å². The molecular formula is C19H16N4O2. The fourth-order valence-electron chi connectivity index (χ4n) is 2.40. The Balaban J connectivity index is 1.62. The molecule has 2 aromatic carbocycles. The Morgan fingerprint density at radius 3 is 2.72 bits per heavy atom. The first-order chi connectivity index (χ1) is 12.2. The van der Waals surface area contributed by atoms with Gasteiger partial charge in [-0.2, -0.15) is 5.26 Å². The summed E-state index contributed by atoms with van der Waals surface area (Å²) >= 11 is 0. The van der Waals surface area contributed by atoms with Crippen molar-refractivity contribution in [1.29, 1.82) is 5.26 Å². The monoisotopic (exact) mass is 332 g/mol. The molecule has 0 unspecified atom stereocenters. The van der Waals surface area contributed by atoms with Crippen LogP contribution in [0.4, 0.5) is 5.69 Å². The average molecular weight is 332 g/mol. The van der Waals surface area contributed by atoms with Gasteiger partial charge in [0.2, 0.25) is 17.7 Å². The second-order valence-corrected chi connectivity index (χ2v) is 5.52. The molecule has 0 aliphatic carbocycles. The predicted molar refractivity (Wildman–Crippen MR) is 92.6 cm³/mol. The van der Waals surface area contributed by atoms with E-state index in [1.54, 1.807) is 24.3 Å². The van der Waals surface area contributed by atoms with Crippen molar-refractivity contribution in [1.82, 2.24) is 10.2 Å². The first kappa shape index (κ1) is 16.4. The highest BCUT2D eigenvalue weighted by Gasteiger charge is 2.12. The molecule has 6 heteroatoms. The van der Waals surface area contributed by atoms with E-state index >= 15 is 0 Å². The first-order valence-corrected chi connectivity index (χ1v) is 7.85. The van der Waals surface area contributed by atoms with Gasteiger partial charge in [0.05, 0.1) is 11.3 Å². The molecule has 0 radical (unpaired) electrons. The third kappa shape index (κ3) is 3.90. The van der Waals surface area contributed by atoms with Crippen LogP contribution in [0.1, 0.15) is 23.4 Å². The van der Waals surface area contributed by atoms with Crippen molar-refractivity contribution in [2.24, 2.45) is 0 Å². The van der Waals surface area contributed by atoms with Crippen LogP contribution < -0.4 is 5.32 Å². The summed E-state index contributed by atoms with van der Waals surface area (Å²) in [4.78, 5) is 12.1. The van der Waals surface area contributed by atoms with Crippen molar-refractivity contribution < 1.29 is 9.21 Å². The third-order valence-electron chi connectivity index (χ3n) is 3.73. The molecule has 0 aliphatic rings. The van der Waals surface area contributed by atoms with E-state index in [0.717, 1.165) is 11.1 Å². The van der Waals surface area contributed by atoms with Gasteiger partial charge in [-0.3, -0.25) is 4.79 Å². The molecule has 0 bridgehead atoms. The molecule has 1 N–H and O–H groups in total. The number of amides is 1. The van der Waals surface area contributed by atoms with Crippen molar-refractivity contribution in [2.45, 2.75) is 19.8 Å². The SMILES string of the molecule is Cc1ccccc1-c1nnc(CCC(=O)Nc2ccccc2C#N)o1. The zero-order valence-corrected chi connectivity index (χ0v) is 13.7. The van der Waals surface area contributed by atoms with Crippen molar-refractivity contribution in [3.05, 3.63) is 65.5 Å². The standard InChI is InChI=1S/C19H16N4O2/c1-13-6-2-4-8-15(13)19-23-22-18(25-19)11-10-17(24)21-16-9-5-3-7-14(16)12-20/h2-9H,10-11H2,1H3,(H,21,24). The molecule has 0 aliphatic heterocycles. The number of nitrogens with zero attached hydrogens (tertiary/aromatic N) is 3. The highest BCUT2D eigenvalue weighted by molar-refractivity contribution is 5.92. The Bertz CT molecular complexity index is 940. The second kappa shape index (κ2) is 7.41. The number of hydrogen-bond acceptors (Lipinski definition) is 5. The number of nitriles is 1. The summed E-state index contributed by atoms with van der Waals surface area (Å²) in [5, 5.41) is 19.8. The molecular weight excluding hydrogens is 316 g/mol. The van der Waals surface area contributed by atoms with E-state index < -0.39 is 0 Å². The first-order valence-electron chi connectivity index (χ1n) is 7.85. The van der Waals surface area contributed by atoms with E-state index in [1.165, 1.54) is 0 Å². The van der Waals surface area contributed by atoms with Crippen LogP contribution in [0.2, 0.25) is 0 Å². The lowest BCUT2D eigenvalue weighted by Crippen LogP contribution is -2.13. The summed E-state index contributed by atoms with van der Waals surface area (Å²) in [7, 11) is 0. The minimum absolute atomic E-state index is 0.190. The quantitative estimate of drug-likeness (QED) is 0.772. The fourth-order valence-corrected chi connectivity index (χ4v) is 2.40. The van der Waals surface area contributed by atoms with Gasteiger partial charge in [-0.25, -0.2) is 0 Å². The van der Waals surface area contributed by atoms with Gasteiger partial charge < -0.3 is 9.73 Å². The molecule has 6 nitrogen and oxygen atoms in total. The maximum Gasteiger partial charge on any atom is 0.247 e. The summed E-state index contributed by atoms with van der Waals surface area (Å²) in [6.07, 6.45) is 0.522. The maximum atomic E-state index is 12.1. The van der Waals surface area contributed by atoms with Gasteiger partial charge in [-0.1, -0.05) is 30.3 Å². The maximum absolute atomic E-state index is 12.1. The molecule has 1 aromatic heterocycles. The number of benzene rings is 2. The number of anilines is 1. The molecule has 1 heterocycles. The molecule has 3 aromatic rings. The molecule has 25 heavy (non-hydrogen) atoms. The van der Waals surface area contributed by atoms with Gasteiger partial charge in [0.15, 0.2) is 0 Å². The Kier molecular flexibility index (Phi) is 4.86. The second-order valence-electron chi connectivity index (χ2n) is 5.52. The van der Waals surface area contributed by atoms with Crippen molar-refractivity contribution in [3.8, 4) is 17.5 Å². The zero-order chi connectivity index (χ0) is 17.6. The van der Waals surface area contributed by atoms with Gasteiger partial charge in [-0.15, -0.1) is 10.2 Å². The van der Waals surface area contributed by atoms with E-state index in [4.69, 9.17) is 9.68 Å². The van der Waals surface area contributed by atoms with Crippen molar-refractivity contribution in [3.63, 3.8) is 0 Å². The summed E-state index contributed by atoms with van der Waals surface area (Å²) in [5.41, 5.74) is 2.86. The summed E-state index contributed by atoms with van der Waals surface area (Å²) in [6, 6.07) is 16.7. The molecule has 0 fully saturated rings. The molecule has 3 rings (SSSR count).